The summed E-state index contributed by atoms with van der Waals surface area (Å²) in [5, 5.41) is 19.8. The zero-order valence-electron chi connectivity index (χ0n) is 16.0. The molecule has 3 atom stereocenters. The van der Waals surface area contributed by atoms with Crippen LogP contribution in [0.25, 0.3) is 0 Å². The number of phenols is 2. The van der Waals surface area contributed by atoms with Gasteiger partial charge in [0.15, 0.2) is 0 Å². The highest BCUT2D eigenvalue weighted by Crippen LogP contribution is 2.48. The molecular weight excluding hydrogens is 351 g/mol. The first-order valence-corrected chi connectivity index (χ1v) is 9.90. The molecule has 0 unspecified atom stereocenters. The van der Waals surface area contributed by atoms with Crippen LogP contribution in [0.3, 0.4) is 0 Å². The van der Waals surface area contributed by atoms with Crippen molar-refractivity contribution in [3.63, 3.8) is 0 Å². The Bertz CT molecular complexity index is 947. The van der Waals surface area contributed by atoms with E-state index in [-0.39, 0.29) is 17.5 Å². The van der Waals surface area contributed by atoms with Crippen LogP contribution in [-0.4, -0.2) is 10.2 Å². The fourth-order valence-electron chi connectivity index (χ4n) is 4.80. The molecule has 1 aliphatic rings. The van der Waals surface area contributed by atoms with Crippen molar-refractivity contribution < 1.29 is 14.6 Å². The second kappa shape index (κ2) is 7.67. The fraction of sp³-hybridized carbons (Fsp3) is 0.280. The van der Waals surface area contributed by atoms with Crippen LogP contribution in [0.1, 0.15) is 47.4 Å². The van der Waals surface area contributed by atoms with Crippen LogP contribution in [0.4, 0.5) is 4.39 Å². The lowest BCUT2D eigenvalue weighted by Crippen LogP contribution is -2.29. The van der Waals surface area contributed by atoms with E-state index in [1.807, 2.05) is 36.4 Å². The summed E-state index contributed by atoms with van der Waals surface area (Å²) in [6.07, 6.45) is 2.73. The Morgan fingerprint density at radius 1 is 0.893 bits per heavy atom. The van der Waals surface area contributed by atoms with E-state index in [9.17, 15) is 14.6 Å². The molecule has 2 N–H and O–H groups in total. The Balaban J connectivity index is 1.76. The number of hydrogen-bond acceptors (Lipinski definition) is 2. The van der Waals surface area contributed by atoms with E-state index in [0.717, 1.165) is 24.8 Å². The van der Waals surface area contributed by atoms with Crippen molar-refractivity contribution in [2.24, 2.45) is 5.92 Å². The summed E-state index contributed by atoms with van der Waals surface area (Å²) >= 11 is 0. The summed E-state index contributed by atoms with van der Waals surface area (Å²) in [5.74, 6) is 1.32. The normalized spacial score (nSPS) is 21.3. The highest BCUT2D eigenvalue weighted by molar-refractivity contribution is 5.44. The molecule has 0 fully saturated rings. The molecule has 3 heteroatoms. The first-order chi connectivity index (χ1) is 13.5. The molecule has 28 heavy (non-hydrogen) atoms. The number of rotatable bonds is 4. The number of benzene rings is 3. The van der Waals surface area contributed by atoms with Gasteiger partial charge in [-0.1, -0.05) is 43.7 Å². The first-order valence-electron chi connectivity index (χ1n) is 9.90. The van der Waals surface area contributed by atoms with Gasteiger partial charge in [-0.2, -0.15) is 0 Å². The van der Waals surface area contributed by atoms with E-state index in [4.69, 9.17) is 0 Å². The number of aromatic hydroxyl groups is 2. The Labute approximate surface area is 165 Å². The van der Waals surface area contributed by atoms with Gasteiger partial charge in [0.2, 0.25) is 0 Å². The first kappa shape index (κ1) is 18.5. The SMILES string of the molecule is CC[C@H]1[C@@H](c2ccc(O)cc2)Cc2ccc(O)cc2[C@H]1Cc1ccc(F)cc1. The molecule has 0 heterocycles. The molecule has 0 spiro atoms. The van der Waals surface area contributed by atoms with Gasteiger partial charge in [0, 0.05) is 0 Å². The van der Waals surface area contributed by atoms with Crippen molar-refractivity contribution in [3.8, 4) is 11.5 Å². The maximum Gasteiger partial charge on any atom is 0.123 e. The monoisotopic (exact) mass is 376 g/mol. The van der Waals surface area contributed by atoms with Crippen LogP contribution >= 0.6 is 0 Å². The van der Waals surface area contributed by atoms with Crippen molar-refractivity contribution in [1.82, 2.24) is 0 Å². The van der Waals surface area contributed by atoms with Gasteiger partial charge >= 0.3 is 0 Å². The molecule has 0 aromatic heterocycles. The van der Waals surface area contributed by atoms with E-state index in [2.05, 4.69) is 6.92 Å². The maximum absolute atomic E-state index is 13.4. The van der Waals surface area contributed by atoms with E-state index >= 15 is 0 Å². The van der Waals surface area contributed by atoms with Crippen LogP contribution in [0.2, 0.25) is 0 Å². The minimum absolute atomic E-state index is 0.223. The second-order valence-corrected chi connectivity index (χ2v) is 7.79. The van der Waals surface area contributed by atoms with Crippen LogP contribution in [0.15, 0.2) is 66.7 Å². The quantitative estimate of drug-likeness (QED) is 0.592. The highest BCUT2D eigenvalue weighted by Gasteiger charge is 2.36. The predicted molar refractivity (Wildman–Crippen MR) is 109 cm³/mol. The smallest absolute Gasteiger partial charge is 0.123 e. The summed E-state index contributed by atoms with van der Waals surface area (Å²) in [7, 11) is 0. The molecule has 4 rings (SSSR count). The molecule has 3 aromatic rings. The van der Waals surface area contributed by atoms with Gasteiger partial charge in [-0.15, -0.1) is 0 Å². The summed E-state index contributed by atoms with van der Waals surface area (Å²) in [5.41, 5.74) is 4.79. The van der Waals surface area contributed by atoms with Gasteiger partial charge < -0.3 is 10.2 Å². The molecule has 2 nitrogen and oxygen atoms in total. The van der Waals surface area contributed by atoms with Gasteiger partial charge in [-0.3, -0.25) is 0 Å². The summed E-state index contributed by atoms with van der Waals surface area (Å²) in [6.45, 7) is 2.21. The van der Waals surface area contributed by atoms with Crippen LogP contribution < -0.4 is 0 Å². The van der Waals surface area contributed by atoms with Gasteiger partial charge in [0.1, 0.15) is 17.3 Å². The standard InChI is InChI=1S/C25H25FO2/c1-2-22-23(17-5-10-20(27)11-6-17)14-18-7-12-21(28)15-24(18)25(22)13-16-3-8-19(26)9-4-16/h3-12,15,22-23,25,27-28H,2,13-14H2,1H3/t22-,23+,25-/m0/s1. The van der Waals surface area contributed by atoms with Crippen molar-refractivity contribution in [2.45, 2.75) is 38.0 Å². The lowest BCUT2D eigenvalue weighted by Gasteiger charge is -2.40. The summed E-state index contributed by atoms with van der Waals surface area (Å²) < 4.78 is 13.4. The third-order valence-corrected chi connectivity index (χ3v) is 6.16. The third kappa shape index (κ3) is 3.62. The van der Waals surface area contributed by atoms with Gasteiger partial charge in [-0.25, -0.2) is 4.39 Å². The maximum atomic E-state index is 13.4. The van der Waals surface area contributed by atoms with Crippen LogP contribution in [-0.2, 0) is 12.8 Å². The molecule has 144 valence electrons. The zero-order chi connectivity index (χ0) is 19.7. The highest BCUT2D eigenvalue weighted by atomic mass is 19.1. The minimum atomic E-state index is -0.223. The lowest BCUT2D eigenvalue weighted by atomic mass is 9.64. The van der Waals surface area contributed by atoms with Crippen LogP contribution in [0, 0.1) is 11.7 Å². The van der Waals surface area contributed by atoms with Crippen LogP contribution in [0.5, 0.6) is 11.5 Å². The topological polar surface area (TPSA) is 40.5 Å². The Morgan fingerprint density at radius 2 is 1.57 bits per heavy atom. The van der Waals surface area contributed by atoms with Gasteiger partial charge in [0.25, 0.3) is 0 Å². The average molecular weight is 376 g/mol. The van der Waals surface area contributed by atoms with E-state index in [1.165, 1.54) is 28.8 Å². The van der Waals surface area contributed by atoms with E-state index < -0.39 is 0 Å². The zero-order valence-corrected chi connectivity index (χ0v) is 16.0. The third-order valence-electron chi connectivity index (χ3n) is 6.16. The number of phenolic OH excluding ortho intramolecular Hbond substituents is 2. The molecule has 0 saturated heterocycles. The van der Waals surface area contributed by atoms with E-state index in [0.29, 0.717) is 17.6 Å². The molecule has 0 aliphatic heterocycles. The largest absolute Gasteiger partial charge is 0.508 e. The Kier molecular flexibility index (Phi) is 5.08. The van der Waals surface area contributed by atoms with Crippen molar-refractivity contribution >= 4 is 0 Å². The number of halogens is 1. The van der Waals surface area contributed by atoms with Gasteiger partial charge in [0.05, 0.1) is 0 Å². The molecule has 3 aromatic carbocycles. The molecule has 1 aliphatic carbocycles. The van der Waals surface area contributed by atoms with Crippen molar-refractivity contribution in [2.75, 3.05) is 0 Å². The van der Waals surface area contributed by atoms with Gasteiger partial charge in [-0.05, 0) is 89.2 Å². The summed E-state index contributed by atoms with van der Waals surface area (Å²) in [6, 6.07) is 20.0. The molecule has 0 radical (unpaired) electrons. The Hall–Kier alpha value is -2.81. The molecule has 0 saturated carbocycles. The summed E-state index contributed by atoms with van der Waals surface area (Å²) in [4.78, 5) is 0. The predicted octanol–water partition coefficient (Wildman–Crippen LogP) is 5.93. The fourth-order valence-corrected chi connectivity index (χ4v) is 4.80. The van der Waals surface area contributed by atoms with Crippen molar-refractivity contribution in [1.29, 1.82) is 0 Å². The number of fused-ring (bicyclic) bond motifs is 1. The molecule has 0 amide bonds. The number of hydrogen-bond donors (Lipinski definition) is 2. The minimum Gasteiger partial charge on any atom is -0.508 e. The molecular formula is C25H25FO2. The van der Waals surface area contributed by atoms with E-state index in [1.54, 1.807) is 18.2 Å². The average Bonchev–Trinajstić information content (AvgIpc) is 2.70. The lowest BCUT2D eigenvalue weighted by molar-refractivity contribution is 0.310. The Morgan fingerprint density at radius 3 is 2.25 bits per heavy atom. The second-order valence-electron chi connectivity index (χ2n) is 7.79. The molecule has 0 bridgehead atoms. The van der Waals surface area contributed by atoms with Crippen molar-refractivity contribution in [3.05, 3.63) is 94.8 Å².